The van der Waals surface area contributed by atoms with Gasteiger partial charge in [0.05, 0.1) is 12.5 Å². The van der Waals surface area contributed by atoms with Gasteiger partial charge in [-0.2, -0.15) is 0 Å². The Balaban J connectivity index is 2.16. The van der Waals surface area contributed by atoms with Gasteiger partial charge in [-0.3, -0.25) is 14.9 Å². The van der Waals surface area contributed by atoms with Crippen LogP contribution in [-0.2, 0) is 14.3 Å². The smallest absolute Gasteiger partial charge is 0.250 e. The van der Waals surface area contributed by atoms with Crippen molar-refractivity contribution in [3.05, 3.63) is 12.2 Å². The fourth-order valence-electron chi connectivity index (χ4n) is 2.01. The number of carbonyl (C=O) groups excluding carboxylic acids is 2. The van der Waals surface area contributed by atoms with E-state index < -0.39 is 48.8 Å². The van der Waals surface area contributed by atoms with Crippen LogP contribution >= 0.6 is 0 Å². The predicted octanol–water partition coefficient (Wildman–Crippen LogP) is -2.70. The minimum atomic E-state index is -1.28. The number of carbonyl (C=O) groups is 2. The second-order valence-electron chi connectivity index (χ2n) is 4.04. The molecule has 2 amide bonds. The van der Waals surface area contributed by atoms with Gasteiger partial charge >= 0.3 is 0 Å². The Bertz CT molecular complexity index is 368. The third-order valence-corrected chi connectivity index (χ3v) is 2.94. The maximum absolute atomic E-state index is 11.5. The summed E-state index contributed by atoms with van der Waals surface area (Å²) < 4.78 is 5.21. The molecule has 0 aromatic carbocycles. The van der Waals surface area contributed by atoms with E-state index in [4.69, 9.17) is 9.84 Å². The zero-order valence-electron chi connectivity index (χ0n) is 8.81. The molecule has 94 valence electrons. The molecule has 2 unspecified atom stereocenters. The summed E-state index contributed by atoms with van der Waals surface area (Å²) in [6, 6.07) is 0. The van der Waals surface area contributed by atoms with Crippen LogP contribution in [0.3, 0.4) is 0 Å². The van der Waals surface area contributed by atoms with Crippen molar-refractivity contribution in [1.82, 2.24) is 5.32 Å². The molecule has 2 rings (SSSR count). The maximum Gasteiger partial charge on any atom is 0.250 e. The van der Waals surface area contributed by atoms with Crippen LogP contribution in [0.5, 0.6) is 0 Å². The number of aliphatic hydroxyl groups excluding tert-OH is 3. The molecule has 0 aliphatic carbocycles. The summed E-state index contributed by atoms with van der Waals surface area (Å²) in [6.45, 7) is -0.453. The van der Waals surface area contributed by atoms with Gasteiger partial charge < -0.3 is 20.1 Å². The van der Waals surface area contributed by atoms with E-state index in [-0.39, 0.29) is 0 Å². The Labute approximate surface area is 96.7 Å². The second-order valence-corrected chi connectivity index (χ2v) is 4.04. The molecule has 1 saturated heterocycles. The van der Waals surface area contributed by atoms with Gasteiger partial charge in [-0.25, -0.2) is 0 Å². The normalized spacial score (nSPS) is 41.7. The monoisotopic (exact) mass is 243 g/mol. The molecular formula is C10H13NO6. The van der Waals surface area contributed by atoms with Crippen LogP contribution < -0.4 is 5.32 Å². The molecule has 5 atom stereocenters. The molecule has 0 radical (unpaired) electrons. The number of hydrogen-bond donors (Lipinski definition) is 4. The highest BCUT2D eigenvalue weighted by molar-refractivity contribution is 6.05. The summed E-state index contributed by atoms with van der Waals surface area (Å²) in [5.74, 6) is -1.97. The first-order valence-corrected chi connectivity index (χ1v) is 5.20. The molecule has 0 aromatic heterocycles. The van der Waals surface area contributed by atoms with Crippen molar-refractivity contribution in [3.63, 3.8) is 0 Å². The first kappa shape index (κ1) is 12.2. The molecular weight excluding hydrogens is 230 g/mol. The fourth-order valence-corrected chi connectivity index (χ4v) is 2.01. The van der Waals surface area contributed by atoms with Crippen molar-refractivity contribution < 1.29 is 29.6 Å². The third-order valence-electron chi connectivity index (χ3n) is 2.94. The first-order valence-electron chi connectivity index (χ1n) is 5.20. The third kappa shape index (κ3) is 2.09. The molecule has 4 N–H and O–H groups in total. The highest BCUT2D eigenvalue weighted by Gasteiger charge is 2.47. The number of imide groups is 1. The number of aliphatic hydroxyl groups is 3. The topological polar surface area (TPSA) is 116 Å². The number of ether oxygens (including phenoxy) is 1. The standard InChI is InChI=1S/C10H13NO6/c12-3-5-7(14)8(15)9(17-5)4-1-2-6(13)11-10(4)16/h1-2,4-5,7-9,12,14-15H,3H2,(H,11,13,16)/t4?,5-,7-,8-,9?/m1/s1. The zero-order chi connectivity index (χ0) is 12.6. The Morgan fingerprint density at radius 2 is 2.00 bits per heavy atom. The SMILES string of the molecule is O=C1C=CC(C2O[C@H](CO)[C@@H](O)[C@H]2O)C(=O)N1. The van der Waals surface area contributed by atoms with E-state index in [1.54, 1.807) is 0 Å². The lowest BCUT2D eigenvalue weighted by Gasteiger charge is -2.23. The van der Waals surface area contributed by atoms with E-state index in [2.05, 4.69) is 5.32 Å². The van der Waals surface area contributed by atoms with E-state index in [0.717, 1.165) is 0 Å². The molecule has 7 heteroatoms. The summed E-state index contributed by atoms with van der Waals surface area (Å²) in [5.41, 5.74) is 0. The average Bonchev–Trinajstić information content (AvgIpc) is 2.57. The van der Waals surface area contributed by atoms with Gasteiger partial charge in [0, 0.05) is 6.08 Å². The van der Waals surface area contributed by atoms with Crippen molar-refractivity contribution in [2.45, 2.75) is 24.4 Å². The summed E-state index contributed by atoms with van der Waals surface area (Å²) in [7, 11) is 0. The summed E-state index contributed by atoms with van der Waals surface area (Å²) in [4.78, 5) is 22.4. The van der Waals surface area contributed by atoms with Gasteiger partial charge in [0.15, 0.2) is 0 Å². The lowest BCUT2D eigenvalue weighted by Crippen LogP contribution is -2.46. The van der Waals surface area contributed by atoms with Gasteiger partial charge in [-0.15, -0.1) is 0 Å². The van der Waals surface area contributed by atoms with E-state index in [1.165, 1.54) is 12.2 Å². The van der Waals surface area contributed by atoms with E-state index in [0.29, 0.717) is 0 Å². The van der Waals surface area contributed by atoms with E-state index in [1.807, 2.05) is 0 Å². The lowest BCUT2D eigenvalue weighted by atomic mass is 9.93. The molecule has 7 nitrogen and oxygen atoms in total. The second kappa shape index (κ2) is 4.53. The van der Waals surface area contributed by atoms with Gasteiger partial charge in [0.1, 0.15) is 24.4 Å². The minimum absolute atomic E-state index is 0.453. The number of hydrogen-bond acceptors (Lipinski definition) is 6. The molecule has 17 heavy (non-hydrogen) atoms. The Morgan fingerprint density at radius 1 is 1.29 bits per heavy atom. The van der Waals surface area contributed by atoms with Crippen LogP contribution in [0.4, 0.5) is 0 Å². The molecule has 2 aliphatic rings. The number of amides is 2. The first-order chi connectivity index (χ1) is 8.04. The molecule has 2 aliphatic heterocycles. The molecule has 0 aromatic rings. The van der Waals surface area contributed by atoms with E-state index >= 15 is 0 Å². The van der Waals surface area contributed by atoms with Crippen molar-refractivity contribution in [3.8, 4) is 0 Å². The number of rotatable bonds is 2. The predicted molar refractivity (Wildman–Crippen MR) is 53.5 cm³/mol. The largest absolute Gasteiger partial charge is 0.394 e. The van der Waals surface area contributed by atoms with Crippen LogP contribution in [-0.4, -0.2) is 58.2 Å². The van der Waals surface area contributed by atoms with Crippen LogP contribution in [0.15, 0.2) is 12.2 Å². The lowest BCUT2D eigenvalue weighted by molar-refractivity contribution is -0.135. The highest BCUT2D eigenvalue weighted by Crippen LogP contribution is 2.28. The quantitative estimate of drug-likeness (QED) is 0.392. The summed E-state index contributed by atoms with van der Waals surface area (Å²) in [5, 5.41) is 30.2. The van der Waals surface area contributed by atoms with Crippen molar-refractivity contribution in [2.75, 3.05) is 6.61 Å². The summed E-state index contributed by atoms with van der Waals surface area (Å²) in [6.07, 6.45) is -1.92. The molecule has 2 heterocycles. The van der Waals surface area contributed by atoms with Crippen molar-refractivity contribution in [1.29, 1.82) is 0 Å². The average molecular weight is 243 g/mol. The van der Waals surface area contributed by atoms with Crippen LogP contribution in [0.2, 0.25) is 0 Å². The number of nitrogens with one attached hydrogen (secondary N) is 1. The fraction of sp³-hybridized carbons (Fsp3) is 0.600. The Kier molecular flexibility index (Phi) is 3.25. The van der Waals surface area contributed by atoms with Gasteiger partial charge in [0.25, 0.3) is 0 Å². The molecule has 0 spiro atoms. The van der Waals surface area contributed by atoms with Gasteiger partial charge in [-0.1, -0.05) is 6.08 Å². The van der Waals surface area contributed by atoms with Crippen LogP contribution in [0, 0.1) is 5.92 Å². The van der Waals surface area contributed by atoms with E-state index in [9.17, 15) is 19.8 Å². The van der Waals surface area contributed by atoms with Gasteiger partial charge in [-0.05, 0) is 0 Å². The van der Waals surface area contributed by atoms with Crippen LogP contribution in [0.25, 0.3) is 0 Å². The highest BCUT2D eigenvalue weighted by atomic mass is 16.6. The van der Waals surface area contributed by atoms with Gasteiger partial charge in [0.2, 0.25) is 11.8 Å². The van der Waals surface area contributed by atoms with Crippen molar-refractivity contribution in [2.24, 2.45) is 5.92 Å². The molecule has 1 fully saturated rings. The summed E-state index contributed by atoms with van der Waals surface area (Å²) >= 11 is 0. The van der Waals surface area contributed by atoms with Crippen molar-refractivity contribution >= 4 is 11.8 Å². The van der Waals surface area contributed by atoms with Crippen LogP contribution in [0.1, 0.15) is 0 Å². The maximum atomic E-state index is 11.5. The minimum Gasteiger partial charge on any atom is -0.394 e. The zero-order valence-corrected chi connectivity index (χ0v) is 8.81. The molecule has 0 saturated carbocycles. The molecule has 0 bridgehead atoms. The Hall–Kier alpha value is -1.28. The Morgan fingerprint density at radius 3 is 2.53 bits per heavy atom.